The molecule has 19 heavy (non-hydrogen) atoms. The van der Waals surface area contributed by atoms with Crippen molar-refractivity contribution in [3.05, 3.63) is 24.3 Å². The Bertz CT molecular complexity index is 400. The molecule has 0 atom stereocenters. The van der Waals surface area contributed by atoms with Crippen LogP contribution in [0.1, 0.15) is 13.3 Å². The van der Waals surface area contributed by atoms with E-state index in [-0.39, 0.29) is 5.75 Å². The maximum atomic E-state index is 12.0. The average molecular weight is 274 g/mol. The lowest BCUT2D eigenvalue weighted by atomic mass is 9.77. The zero-order valence-electron chi connectivity index (χ0n) is 10.4. The summed E-state index contributed by atoms with van der Waals surface area (Å²) in [4.78, 5) is 0. The molecule has 1 aromatic carbocycles. The molecule has 2 rings (SSSR count). The fourth-order valence-corrected chi connectivity index (χ4v) is 1.80. The molecule has 1 aliphatic rings. The molecule has 0 bridgehead atoms. The van der Waals surface area contributed by atoms with Crippen molar-refractivity contribution in [3.63, 3.8) is 0 Å². The molecule has 0 N–H and O–H groups in total. The minimum atomic E-state index is -4.67. The Balaban J connectivity index is 1.95. The third-order valence-electron chi connectivity index (χ3n) is 2.93. The molecule has 0 unspecified atom stereocenters. The van der Waals surface area contributed by atoms with Gasteiger partial charge in [0.2, 0.25) is 0 Å². The van der Waals surface area contributed by atoms with E-state index in [9.17, 15) is 13.2 Å². The molecule has 0 radical (unpaired) electrons. The SMILES string of the molecule is CCC1COB(c2ccc(OC(F)(F)F)cc2)OC1. The second-order valence-corrected chi connectivity index (χ2v) is 4.39. The summed E-state index contributed by atoms with van der Waals surface area (Å²) >= 11 is 0. The first-order valence-corrected chi connectivity index (χ1v) is 6.07. The van der Waals surface area contributed by atoms with Crippen LogP contribution in [0.2, 0.25) is 0 Å². The number of hydrogen-bond donors (Lipinski definition) is 0. The second-order valence-electron chi connectivity index (χ2n) is 4.39. The van der Waals surface area contributed by atoms with Crippen molar-refractivity contribution in [1.82, 2.24) is 0 Å². The number of hydrogen-bond acceptors (Lipinski definition) is 3. The maximum Gasteiger partial charge on any atom is 0.573 e. The van der Waals surface area contributed by atoms with Crippen LogP contribution in [0.15, 0.2) is 24.3 Å². The first-order valence-electron chi connectivity index (χ1n) is 6.07. The highest BCUT2D eigenvalue weighted by Crippen LogP contribution is 2.21. The Morgan fingerprint density at radius 2 is 1.79 bits per heavy atom. The summed E-state index contributed by atoms with van der Waals surface area (Å²) < 4.78 is 50.9. The molecule has 7 heteroatoms. The molecule has 1 heterocycles. The minimum absolute atomic E-state index is 0.251. The topological polar surface area (TPSA) is 27.7 Å². The van der Waals surface area contributed by atoms with Gasteiger partial charge in [0.15, 0.2) is 0 Å². The summed E-state index contributed by atoms with van der Waals surface area (Å²) in [5.74, 6) is 0.127. The summed E-state index contributed by atoms with van der Waals surface area (Å²) in [7, 11) is -0.511. The monoisotopic (exact) mass is 274 g/mol. The molecule has 1 aromatic rings. The van der Waals surface area contributed by atoms with E-state index in [1.165, 1.54) is 24.3 Å². The number of benzene rings is 1. The van der Waals surface area contributed by atoms with Crippen LogP contribution in [0, 0.1) is 5.92 Å². The summed E-state index contributed by atoms with van der Waals surface area (Å²) in [6.45, 7) is 3.25. The molecular formula is C12H14BF3O3. The van der Waals surface area contributed by atoms with Gasteiger partial charge in [-0.15, -0.1) is 13.2 Å². The number of ether oxygens (including phenoxy) is 1. The summed E-state index contributed by atoms with van der Waals surface area (Å²) in [6.07, 6.45) is -3.70. The van der Waals surface area contributed by atoms with Gasteiger partial charge in [-0.1, -0.05) is 19.1 Å². The highest BCUT2D eigenvalue weighted by molar-refractivity contribution is 6.61. The van der Waals surface area contributed by atoms with E-state index in [1.807, 2.05) is 0 Å². The smallest absolute Gasteiger partial charge is 0.407 e. The van der Waals surface area contributed by atoms with Gasteiger partial charge >= 0.3 is 13.5 Å². The lowest BCUT2D eigenvalue weighted by molar-refractivity contribution is -0.274. The standard InChI is InChI=1S/C12H14BF3O3/c1-2-9-7-17-13(18-8-9)10-3-5-11(6-4-10)19-12(14,15)16/h3-6,9H,2,7-8H2,1H3. The van der Waals surface area contributed by atoms with Crippen LogP contribution in [0.5, 0.6) is 5.75 Å². The van der Waals surface area contributed by atoms with Gasteiger partial charge in [0.05, 0.1) is 0 Å². The molecule has 1 fully saturated rings. The normalized spacial score (nSPS) is 17.6. The van der Waals surface area contributed by atoms with Crippen molar-refractivity contribution >= 4 is 12.6 Å². The van der Waals surface area contributed by atoms with Crippen LogP contribution in [0.4, 0.5) is 13.2 Å². The van der Waals surface area contributed by atoms with E-state index >= 15 is 0 Å². The Hall–Kier alpha value is -1.21. The van der Waals surface area contributed by atoms with Crippen LogP contribution in [0.3, 0.4) is 0 Å². The van der Waals surface area contributed by atoms with Crippen molar-refractivity contribution in [3.8, 4) is 5.75 Å². The van der Waals surface area contributed by atoms with Crippen LogP contribution >= 0.6 is 0 Å². The molecule has 1 aliphatic heterocycles. The van der Waals surface area contributed by atoms with Gasteiger partial charge in [0, 0.05) is 19.1 Å². The molecule has 104 valence electrons. The largest absolute Gasteiger partial charge is 0.573 e. The average Bonchev–Trinajstić information content (AvgIpc) is 2.38. The number of halogens is 3. The number of alkyl halides is 3. The lowest BCUT2D eigenvalue weighted by Gasteiger charge is -2.26. The van der Waals surface area contributed by atoms with Crippen molar-refractivity contribution < 1.29 is 27.2 Å². The molecule has 0 aliphatic carbocycles. The zero-order valence-corrected chi connectivity index (χ0v) is 10.4. The quantitative estimate of drug-likeness (QED) is 0.792. The first-order chi connectivity index (χ1) is 8.98. The molecule has 1 saturated heterocycles. The molecule has 0 saturated carbocycles. The van der Waals surface area contributed by atoms with E-state index in [0.717, 1.165) is 6.42 Å². The Morgan fingerprint density at radius 1 is 1.21 bits per heavy atom. The Kier molecular flexibility index (Phi) is 4.36. The van der Waals surface area contributed by atoms with E-state index in [0.29, 0.717) is 24.6 Å². The molecule has 0 aromatic heterocycles. The van der Waals surface area contributed by atoms with Crippen molar-refractivity contribution in [1.29, 1.82) is 0 Å². The molecule has 0 amide bonds. The van der Waals surface area contributed by atoms with Crippen molar-refractivity contribution in [2.24, 2.45) is 5.92 Å². The number of rotatable bonds is 3. The molecular weight excluding hydrogens is 260 g/mol. The fraction of sp³-hybridized carbons (Fsp3) is 0.500. The second kappa shape index (κ2) is 5.84. The summed E-state index contributed by atoms with van der Waals surface area (Å²) in [5, 5.41) is 0. The van der Waals surface area contributed by atoms with E-state index in [4.69, 9.17) is 9.31 Å². The molecule has 3 nitrogen and oxygen atoms in total. The van der Waals surface area contributed by atoms with E-state index < -0.39 is 13.5 Å². The van der Waals surface area contributed by atoms with Crippen molar-refractivity contribution in [2.45, 2.75) is 19.7 Å². The van der Waals surface area contributed by atoms with Gasteiger partial charge in [-0.3, -0.25) is 0 Å². The van der Waals surface area contributed by atoms with Gasteiger partial charge in [-0.05, 0) is 24.0 Å². The third kappa shape index (κ3) is 4.14. The van der Waals surface area contributed by atoms with Gasteiger partial charge in [0.1, 0.15) is 5.75 Å². The van der Waals surface area contributed by atoms with Crippen LogP contribution < -0.4 is 10.2 Å². The highest BCUT2D eigenvalue weighted by Gasteiger charge is 2.32. The van der Waals surface area contributed by atoms with Crippen LogP contribution in [0.25, 0.3) is 0 Å². The highest BCUT2D eigenvalue weighted by atomic mass is 19.4. The van der Waals surface area contributed by atoms with Crippen LogP contribution in [-0.2, 0) is 9.31 Å². The van der Waals surface area contributed by atoms with Gasteiger partial charge in [0.25, 0.3) is 0 Å². The Morgan fingerprint density at radius 3 is 2.26 bits per heavy atom. The fourth-order valence-electron chi connectivity index (χ4n) is 1.80. The van der Waals surface area contributed by atoms with E-state index in [2.05, 4.69) is 11.7 Å². The molecule has 0 spiro atoms. The van der Waals surface area contributed by atoms with Crippen molar-refractivity contribution in [2.75, 3.05) is 13.2 Å². The van der Waals surface area contributed by atoms with Crippen LogP contribution in [-0.4, -0.2) is 26.7 Å². The first kappa shape index (κ1) is 14.2. The van der Waals surface area contributed by atoms with E-state index in [1.54, 1.807) is 0 Å². The third-order valence-corrected chi connectivity index (χ3v) is 2.93. The predicted octanol–water partition coefficient (Wildman–Crippen LogP) is 2.35. The maximum absolute atomic E-state index is 12.0. The lowest BCUT2D eigenvalue weighted by Crippen LogP contribution is -2.44. The summed E-state index contributed by atoms with van der Waals surface area (Å²) in [5.41, 5.74) is 0.684. The van der Waals surface area contributed by atoms with Gasteiger partial charge in [-0.25, -0.2) is 0 Å². The zero-order chi connectivity index (χ0) is 13.9. The Labute approximate surface area is 109 Å². The van der Waals surface area contributed by atoms with Gasteiger partial charge < -0.3 is 14.0 Å². The summed E-state index contributed by atoms with van der Waals surface area (Å²) in [6, 6.07) is 5.53. The predicted molar refractivity (Wildman–Crippen MR) is 64.2 cm³/mol. The van der Waals surface area contributed by atoms with Gasteiger partial charge in [-0.2, -0.15) is 0 Å². The minimum Gasteiger partial charge on any atom is -0.407 e.